The minimum absolute atomic E-state index is 0.207. The third kappa shape index (κ3) is 4.27. The first-order valence-corrected chi connectivity index (χ1v) is 9.66. The lowest BCUT2D eigenvalue weighted by Crippen LogP contribution is -2.39. The van der Waals surface area contributed by atoms with Gasteiger partial charge in [-0.05, 0) is 43.4 Å². The molecule has 0 aromatic carbocycles. The van der Waals surface area contributed by atoms with Crippen molar-refractivity contribution in [3.8, 4) is 0 Å². The van der Waals surface area contributed by atoms with Crippen molar-refractivity contribution in [3.05, 3.63) is 0 Å². The molecule has 0 aromatic rings. The van der Waals surface area contributed by atoms with Crippen molar-refractivity contribution < 1.29 is 9.59 Å². The van der Waals surface area contributed by atoms with Gasteiger partial charge in [0.2, 0.25) is 11.8 Å². The highest BCUT2D eigenvalue weighted by Gasteiger charge is 2.34. The van der Waals surface area contributed by atoms with Crippen LogP contribution in [0.4, 0.5) is 0 Å². The van der Waals surface area contributed by atoms with Gasteiger partial charge in [0.15, 0.2) is 0 Å². The molecule has 3 aliphatic rings. The maximum Gasteiger partial charge on any atom is 0.222 e. The minimum Gasteiger partial charge on any atom is -0.343 e. The van der Waals surface area contributed by atoms with Crippen molar-refractivity contribution in [3.63, 3.8) is 0 Å². The molecule has 2 amide bonds. The number of hydrogen-bond acceptors (Lipinski definition) is 2. The Hall–Kier alpha value is -1.06. The monoisotopic (exact) mass is 320 g/mol. The van der Waals surface area contributed by atoms with E-state index in [9.17, 15) is 9.59 Å². The highest BCUT2D eigenvalue weighted by molar-refractivity contribution is 5.76. The Morgan fingerprint density at radius 1 is 0.870 bits per heavy atom. The van der Waals surface area contributed by atoms with Gasteiger partial charge >= 0.3 is 0 Å². The summed E-state index contributed by atoms with van der Waals surface area (Å²) in [6, 6.07) is 0. The van der Waals surface area contributed by atoms with Crippen LogP contribution < -0.4 is 0 Å². The molecule has 1 atom stereocenters. The summed E-state index contributed by atoms with van der Waals surface area (Å²) in [6.45, 7) is 5.41. The predicted molar refractivity (Wildman–Crippen MR) is 90.9 cm³/mol. The quantitative estimate of drug-likeness (QED) is 0.799. The second-order valence-corrected chi connectivity index (χ2v) is 7.92. The molecule has 1 saturated carbocycles. The van der Waals surface area contributed by atoms with Gasteiger partial charge in [-0.3, -0.25) is 9.59 Å². The zero-order valence-electron chi connectivity index (χ0n) is 14.6. The van der Waals surface area contributed by atoms with Crippen molar-refractivity contribution in [1.82, 2.24) is 9.80 Å². The first-order valence-electron chi connectivity index (χ1n) is 9.66. The molecule has 2 heterocycles. The van der Waals surface area contributed by atoms with Gasteiger partial charge in [-0.2, -0.15) is 0 Å². The largest absolute Gasteiger partial charge is 0.343 e. The van der Waals surface area contributed by atoms with Crippen LogP contribution in [0, 0.1) is 17.8 Å². The van der Waals surface area contributed by atoms with Crippen LogP contribution in [-0.4, -0.2) is 47.8 Å². The molecule has 4 heteroatoms. The van der Waals surface area contributed by atoms with Crippen molar-refractivity contribution >= 4 is 11.8 Å². The molecular weight excluding hydrogens is 288 g/mol. The molecule has 0 radical (unpaired) electrons. The topological polar surface area (TPSA) is 40.6 Å². The molecule has 2 saturated heterocycles. The second-order valence-electron chi connectivity index (χ2n) is 7.92. The fraction of sp³-hybridized carbons (Fsp3) is 0.895. The maximum absolute atomic E-state index is 12.4. The van der Waals surface area contributed by atoms with Crippen LogP contribution in [-0.2, 0) is 9.59 Å². The van der Waals surface area contributed by atoms with Crippen LogP contribution in [0.15, 0.2) is 0 Å². The number of amides is 2. The average molecular weight is 320 g/mol. The van der Waals surface area contributed by atoms with Gasteiger partial charge < -0.3 is 9.80 Å². The molecule has 23 heavy (non-hydrogen) atoms. The summed E-state index contributed by atoms with van der Waals surface area (Å²) in [5, 5.41) is 0. The zero-order chi connectivity index (χ0) is 16.2. The Morgan fingerprint density at radius 2 is 1.48 bits per heavy atom. The van der Waals surface area contributed by atoms with Gasteiger partial charge in [-0.25, -0.2) is 0 Å². The van der Waals surface area contributed by atoms with E-state index in [1.165, 1.54) is 32.1 Å². The predicted octanol–water partition coefficient (Wildman–Crippen LogP) is 3.06. The lowest BCUT2D eigenvalue weighted by Gasteiger charge is -2.34. The SMILES string of the molecule is CC(=O)N1CCC(C2CCN(C(=O)CCC3CCCC3)C2)CC1. The van der Waals surface area contributed by atoms with Crippen LogP contribution in [0.25, 0.3) is 0 Å². The third-order valence-corrected chi connectivity index (χ3v) is 6.47. The standard InChI is InChI=1S/C19H32N2O2/c1-15(22)20-11-8-17(9-12-20)18-10-13-21(14-18)19(23)7-6-16-4-2-3-5-16/h16-18H,2-14H2,1H3. The normalized spacial score (nSPS) is 26.9. The summed E-state index contributed by atoms with van der Waals surface area (Å²) in [4.78, 5) is 28.0. The van der Waals surface area contributed by atoms with Crippen LogP contribution in [0.1, 0.15) is 64.7 Å². The third-order valence-electron chi connectivity index (χ3n) is 6.47. The molecule has 2 aliphatic heterocycles. The van der Waals surface area contributed by atoms with Crippen LogP contribution in [0.2, 0.25) is 0 Å². The fourth-order valence-corrected chi connectivity index (χ4v) is 4.87. The Labute approximate surface area is 140 Å². The summed E-state index contributed by atoms with van der Waals surface area (Å²) in [6.07, 6.45) is 10.7. The van der Waals surface area contributed by atoms with E-state index in [-0.39, 0.29) is 5.91 Å². The number of likely N-dealkylation sites (tertiary alicyclic amines) is 2. The lowest BCUT2D eigenvalue weighted by atomic mass is 9.84. The molecule has 1 unspecified atom stereocenters. The van der Waals surface area contributed by atoms with Crippen molar-refractivity contribution in [2.45, 2.75) is 64.7 Å². The molecule has 1 aliphatic carbocycles. The van der Waals surface area contributed by atoms with Gasteiger partial charge in [0.25, 0.3) is 0 Å². The summed E-state index contributed by atoms with van der Waals surface area (Å²) in [7, 11) is 0. The lowest BCUT2D eigenvalue weighted by molar-refractivity contribution is -0.130. The van der Waals surface area contributed by atoms with Gasteiger partial charge in [0.1, 0.15) is 0 Å². The van der Waals surface area contributed by atoms with Crippen molar-refractivity contribution in [1.29, 1.82) is 0 Å². The molecular formula is C19H32N2O2. The molecule has 0 aromatic heterocycles. The average Bonchev–Trinajstić information content (AvgIpc) is 3.24. The highest BCUT2D eigenvalue weighted by Crippen LogP contribution is 2.33. The van der Waals surface area contributed by atoms with Gasteiger partial charge in [-0.15, -0.1) is 0 Å². The van der Waals surface area contributed by atoms with E-state index < -0.39 is 0 Å². The zero-order valence-corrected chi connectivity index (χ0v) is 14.6. The number of carbonyl (C=O) groups is 2. The molecule has 0 N–H and O–H groups in total. The Balaban J connectivity index is 1.39. The van der Waals surface area contributed by atoms with E-state index in [0.717, 1.165) is 57.8 Å². The summed E-state index contributed by atoms with van der Waals surface area (Å²) < 4.78 is 0. The number of nitrogens with zero attached hydrogens (tertiary/aromatic N) is 2. The molecule has 0 bridgehead atoms. The van der Waals surface area contributed by atoms with E-state index in [2.05, 4.69) is 4.90 Å². The molecule has 130 valence electrons. The number of hydrogen-bond donors (Lipinski definition) is 0. The van der Waals surface area contributed by atoms with Crippen LogP contribution >= 0.6 is 0 Å². The summed E-state index contributed by atoms with van der Waals surface area (Å²) >= 11 is 0. The first-order chi connectivity index (χ1) is 11.1. The second kappa shape index (κ2) is 7.67. The summed E-state index contributed by atoms with van der Waals surface area (Å²) in [5.41, 5.74) is 0. The van der Waals surface area contributed by atoms with Crippen molar-refractivity contribution in [2.24, 2.45) is 17.8 Å². The highest BCUT2D eigenvalue weighted by atomic mass is 16.2. The van der Waals surface area contributed by atoms with E-state index in [1.807, 2.05) is 4.90 Å². The molecule has 3 fully saturated rings. The fourth-order valence-electron chi connectivity index (χ4n) is 4.87. The Bertz CT molecular complexity index is 423. The summed E-state index contributed by atoms with van der Waals surface area (Å²) in [5.74, 6) is 2.78. The first kappa shape index (κ1) is 16.8. The number of piperidine rings is 1. The Morgan fingerprint density at radius 3 is 2.13 bits per heavy atom. The minimum atomic E-state index is 0.207. The number of rotatable bonds is 4. The molecule has 4 nitrogen and oxygen atoms in total. The smallest absolute Gasteiger partial charge is 0.222 e. The molecule has 0 spiro atoms. The van der Waals surface area contributed by atoms with E-state index >= 15 is 0 Å². The Kier molecular flexibility index (Phi) is 5.60. The van der Waals surface area contributed by atoms with E-state index in [1.54, 1.807) is 6.92 Å². The number of carbonyl (C=O) groups excluding carboxylic acids is 2. The van der Waals surface area contributed by atoms with Gasteiger partial charge in [0.05, 0.1) is 0 Å². The maximum atomic E-state index is 12.4. The van der Waals surface area contributed by atoms with Crippen molar-refractivity contribution in [2.75, 3.05) is 26.2 Å². The van der Waals surface area contributed by atoms with Gasteiger partial charge in [0, 0.05) is 39.5 Å². The van der Waals surface area contributed by atoms with Crippen LogP contribution in [0.5, 0.6) is 0 Å². The van der Waals surface area contributed by atoms with E-state index in [4.69, 9.17) is 0 Å². The van der Waals surface area contributed by atoms with Crippen LogP contribution in [0.3, 0.4) is 0 Å². The molecule has 3 rings (SSSR count). The van der Waals surface area contributed by atoms with Gasteiger partial charge in [-0.1, -0.05) is 25.7 Å². The van der Waals surface area contributed by atoms with E-state index in [0.29, 0.717) is 17.7 Å².